The molecule has 0 radical (unpaired) electrons. The van der Waals surface area contributed by atoms with Gasteiger partial charge in [0.05, 0.1) is 20.0 Å². The van der Waals surface area contributed by atoms with E-state index < -0.39 is 0 Å². The zero-order valence-electron chi connectivity index (χ0n) is 15.3. The molecule has 2 aromatic rings. The van der Waals surface area contributed by atoms with Crippen LogP contribution in [0.5, 0.6) is 11.5 Å². The van der Waals surface area contributed by atoms with Crippen LogP contribution in [0.15, 0.2) is 36.0 Å². The van der Waals surface area contributed by atoms with Crippen molar-refractivity contribution in [2.75, 3.05) is 20.0 Å². The second-order valence-corrected chi connectivity index (χ2v) is 6.31. The molecule has 0 saturated heterocycles. The molecule has 0 saturated carbocycles. The molecule has 0 aliphatic heterocycles. The van der Waals surface area contributed by atoms with Gasteiger partial charge in [-0.3, -0.25) is 4.79 Å². The smallest absolute Gasteiger partial charge is 0.230 e. The van der Waals surface area contributed by atoms with Gasteiger partial charge in [0.1, 0.15) is 5.82 Å². The lowest BCUT2D eigenvalue weighted by Crippen LogP contribution is -2.25. The molecule has 0 atom stereocenters. The number of thioether (sulfide) groups is 1. The number of hydrogen-bond acceptors (Lipinski definition) is 6. The van der Waals surface area contributed by atoms with E-state index >= 15 is 0 Å². The second-order valence-electron chi connectivity index (χ2n) is 5.37. The first-order chi connectivity index (χ1) is 12.6. The Labute approximate surface area is 157 Å². The lowest BCUT2D eigenvalue weighted by Gasteiger charge is -2.13. The lowest BCUT2D eigenvalue weighted by atomic mass is 10.2. The number of hydrogen-bond donors (Lipinski definition) is 1. The molecule has 0 aliphatic rings. The molecule has 1 N–H and O–H groups in total. The number of carbonyl (C=O) groups excluding carboxylic acids is 1. The maximum Gasteiger partial charge on any atom is 0.230 e. The maximum absolute atomic E-state index is 12.2. The summed E-state index contributed by atoms with van der Waals surface area (Å²) in [4.78, 5) is 12.2. The standard InChI is InChI=1S/C18H24N4O3S/c1-5-10-22-15(6-2)20-21-18(22)26-12-16(23)19-11-13-8-7-9-14(24-3)17(13)25-4/h5,7-9H,1,6,10-12H2,2-4H3,(H,19,23). The number of aromatic nitrogens is 3. The average molecular weight is 376 g/mol. The minimum Gasteiger partial charge on any atom is -0.493 e. The van der Waals surface area contributed by atoms with E-state index in [0.717, 1.165) is 23.0 Å². The number of amides is 1. The summed E-state index contributed by atoms with van der Waals surface area (Å²) in [5.74, 6) is 2.31. The summed E-state index contributed by atoms with van der Waals surface area (Å²) in [5, 5.41) is 11.9. The van der Waals surface area contributed by atoms with Gasteiger partial charge in [-0.2, -0.15) is 0 Å². The van der Waals surface area contributed by atoms with E-state index in [-0.39, 0.29) is 11.7 Å². The van der Waals surface area contributed by atoms with E-state index in [1.807, 2.05) is 29.7 Å². The molecule has 26 heavy (non-hydrogen) atoms. The van der Waals surface area contributed by atoms with Gasteiger partial charge in [0.2, 0.25) is 5.91 Å². The summed E-state index contributed by atoms with van der Waals surface area (Å²) in [6.45, 7) is 6.76. The molecular formula is C18H24N4O3S. The summed E-state index contributed by atoms with van der Waals surface area (Å²) < 4.78 is 12.6. The number of methoxy groups -OCH3 is 2. The highest BCUT2D eigenvalue weighted by molar-refractivity contribution is 7.99. The van der Waals surface area contributed by atoms with Crippen LogP contribution >= 0.6 is 11.8 Å². The molecular weight excluding hydrogens is 352 g/mol. The lowest BCUT2D eigenvalue weighted by molar-refractivity contribution is -0.118. The first kappa shape index (κ1) is 19.8. The molecule has 1 aromatic heterocycles. The minimum absolute atomic E-state index is 0.0916. The van der Waals surface area contributed by atoms with E-state index in [1.54, 1.807) is 20.3 Å². The molecule has 1 aromatic carbocycles. The fourth-order valence-corrected chi connectivity index (χ4v) is 3.26. The van der Waals surface area contributed by atoms with Crippen LogP contribution in [0.4, 0.5) is 0 Å². The first-order valence-corrected chi connectivity index (χ1v) is 9.25. The normalized spacial score (nSPS) is 10.4. The van der Waals surface area contributed by atoms with Crippen LogP contribution < -0.4 is 14.8 Å². The van der Waals surface area contributed by atoms with Crippen molar-refractivity contribution >= 4 is 17.7 Å². The largest absolute Gasteiger partial charge is 0.493 e. The summed E-state index contributed by atoms with van der Waals surface area (Å²) >= 11 is 1.36. The average Bonchev–Trinajstić information content (AvgIpc) is 3.06. The fourth-order valence-electron chi connectivity index (χ4n) is 2.47. The molecule has 0 unspecified atom stereocenters. The Kier molecular flexibility index (Phi) is 7.53. The van der Waals surface area contributed by atoms with Gasteiger partial charge in [-0.25, -0.2) is 0 Å². The number of carbonyl (C=O) groups is 1. The predicted molar refractivity (Wildman–Crippen MR) is 102 cm³/mol. The van der Waals surface area contributed by atoms with Gasteiger partial charge in [0, 0.05) is 25.1 Å². The van der Waals surface area contributed by atoms with Gasteiger partial charge < -0.3 is 19.4 Å². The third kappa shape index (κ3) is 4.78. The van der Waals surface area contributed by atoms with Crippen molar-refractivity contribution in [1.82, 2.24) is 20.1 Å². The Balaban J connectivity index is 1.94. The maximum atomic E-state index is 12.2. The monoisotopic (exact) mass is 376 g/mol. The number of benzene rings is 1. The number of nitrogens with one attached hydrogen (secondary N) is 1. The molecule has 1 heterocycles. The van der Waals surface area contributed by atoms with Crippen LogP contribution in [0.1, 0.15) is 18.3 Å². The van der Waals surface area contributed by atoms with E-state index in [0.29, 0.717) is 24.6 Å². The van der Waals surface area contributed by atoms with Crippen molar-refractivity contribution in [2.45, 2.75) is 31.6 Å². The van der Waals surface area contributed by atoms with Crippen LogP contribution in [0.3, 0.4) is 0 Å². The summed E-state index contributed by atoms with van der Waals surface area (Å²) in [7, 11) is 3.16. The molecule has 0 spiro atoms. The molecule has 1 amide bonds. The van der Waals surface area contributed by atoms with Gasteiger partial charge in [-0.05, 0) is 6.07 Å². The Morgan fingerprint density at radius 2 is 2.15 bits per heavy atom. The van der Waals surface area contributed by atoms with Crippen LogP contribution in [0.25, 0.3) is 0 Å². The molecule has 140 valence electrons. The number of rotatable bonds is 10. The van der Waals surface area contributed by atoms with Gasteiger partial charge in [-0.15, -0.1) is 16.8 Å². The zero-order valence-corrected chi connectivity index (χ0v) is 16.1. The van der Waals surface area contributed by atoms with E-state index in [2.05, 4.69) is 22.1 Å². The summed E-state index contributed by atoms with van der Waals surface area (Å²) in [5.41, 5.74) is 0.855. The zero-order chi connectivity index (χ0) is 18.9. The summed E-state index contributed by atoms with van der Waals surface area (Å²) in [6, 6.07) is 5.57. The highest BCUT2D eigenvalue weighted by atomic mass is 32.2. The number of allylic oxidation sites excluding steroid dienone is 1. The summed E-state index contributed by atoms with van der Waals surface area (Å²) in [6.07, 6.45) is 2.57. The SMILES string of the molecule is C=CCn1c(CC)nnc1SCC(=O)NCc1cccc(OC)c1OC. The topological polar surface area (TPSA) is 78.3 Å². The molecule has 0 bridgehead atoms. The van der Waals surface area contributed by atoms with Crippen molar-refractivity contribution < 1.29 is 14.3 Å². The van der Waals surface area contributed by atoms with Crippen LogP contribution in [0.2, 0.25) is 0 Å². The highest BCUT2D eigenvalue weighted by Gasteiger charge is 2.14. The van der Waals surface area contributed by atoms with Gasteiger partial charge in [0.15, 0.2) is 16.7 Å². The van der Waals surface area contributed by atoms with E-state index in [9.17, 15) is 4.79 Å². The van der Waals surface area contributed by atoms with Gasteiger partial charge >= 0.3 is 0 Å². The molecule has 0 fully saturated rings. The third-order valence-electron chi connectivity index (χ3n) is 3.71. The number of ether oxygens (including phenoxy) is 2. The Hall–Kier alpha value is -2.48. The first-order valence-electron chi connectivity index (χ1n) is 8.26. The Morgan fingerprint density at radius 3 is 2.81 bits per heavy atom. The Bertz CT molecular complexity index is 761. The van der Waals surface area contributed by atoms with Crippen molar-refractivity contribution in [3.63, 3.8) is 0 Å². The van der Waals surface area contributed by atoms with Gasteiger partial charge in [0.25, 0.3) is 0 Å². The second kappa shape index (κ2) is 9.86. The van der Waals surface area contributed by atoms with Crippen molar-refractivity contribution in [1.29, 1.82) is 0 Å². The molecule has 2 rings (SSSR count). The molecule has 0 aliphatic carbocycles. The third-order valence-corrected chi connectivity index (χ3v) is 4.68. The fraction of sp³-hybridized carbons (Fsp3) is 0.389. The quantitative estimate of drug-likeness (QED) is 0.507. The Morgan fingerprint density at radius 1 is 1.35 bits per heavy atom. The van der Waals surface area contributed by atoms with Crippen LogP contribution in [0, 0.1) is 0 Å². The number of para-hydroxylation sites is 1. The number of nitrogens with zero attached hydrogens (tertiary/aromatic N) is 3. The molecule has 7 nitrogen and oxygen atoms in total. The van der Waals surface area contributed by atoms with E-state index in [1.165, 1.54) is 11.8 Å². The predicted octanol–water partition coefficient (Wildman–Crippen LogP) is 2.45. The van der Waals surface area contributed by atoms with Crippen LogP contribution in [-0.4, -0.2) is 40.6 Å². The van der Waals surface area contributed by atoms with Gasteiger partial charge in [-0.1, -0.05) is 36.9 Å². The minimum atomic E-state index is -0.0916. The highest BCUT2D eigenvalue weighted by Crippen LogP contribution is 2.30. The van der Waals surface area contributed by atoms with E-state index in [4.69, 9.17) is 9.47 Å². The van der Waals surface area contributed by atoms with Crippen LogP contribution in [-0.2, 0) is 24.3 Å². The van der Waals surface area contributed by atoms with Crippen molar-refractivity contribution in [2.24, 2.45) is 0 Å². The number of aryl methyl sites for hydroxylation is 1. The van der Waals surface area contributed by atoms with Crippen molar-refractivity contribution in [3.8, 4) is 11.5 Å². The van der Waals surface area contributed by atoms with Crippen molar-refractivity contribution in [3.05, 3.63) is 42.2 Å². The molecule has 8 heteroatoms.